The standard InChI is InChI=1S/C13H17F3O2/c1-8(14)17-9-6-5-7-10(18-12(15)16)11(9)13(2,3)4/h5-8,12H,1-4H3. The quantitative estimate of drug-likeness (QED) is 0.806. The molecule has 0 aliphatic carbocycles. The van der Waals surface area contributed by atoms with Gasteiger partial charge < -0.3 is 9.47 Å². The summed E-state index contributed by atoms with van der Waals surface area (Å²) in [5, 5.41) is 0. The normalized spacial score (nSPS) is 13.6. The van der Waals surface area contributed by atoms with E-state index in [2.05, 4.69) is 4.74 Å². The number of hydrogen-bond donors (Lipinski definition) is 0. The Morgan fingerprint density at radius 3 is 1.89 bits per heavy atom. The molecular weight excluding hydrogens is 245 g/mol. The largest absolute Gasteiger partial charge is 0.460 e. The Kier molecular flexibility index (Phi) is 4.48. The summed E-state index contributed by atoms with van der Waals surface area (Å²) in [6.45, 7) is 3.75. The summed E-state index contributed by atoms with van der Waals surface area (Å²) in [6.07, 6.45) is -1.52. The molecule has 0 aliphatic rings. The van der Waals surface area contributed by atoms with Crippen LogP contribution in [0, 0.1) is 0 Å². The lowest BCUT2D eigenvalue weighted by Crippen LogP contribution is -2.18. The van der Waals surface area contributed by atoms with E-state index < -0.39 is 18.4 Å². The first-order valence-electron chi connectivity index (χ1n) is 5.61. The van der Waals surface area contributed by atoms with Crippen molar-refractivity contribution in [2.24, 2.45) is 0 Å². The van der Waals surface area contributed by atoms with E-state index in [1.165, 1.54) is 25.1 Å². The van der Waals surface area contributed by atoms with Gasteiger partial charge in [0, 0.05) is 12.5 Å². The van der Waals surface area contributed by atoms with Crippen molar-refractivity contribution in [2.45, 2.75) is 46.1 Å². The van der Waals surface area contributed by atoms with Gasteiger partial charge in [-0.3, -0.25) is 0 Å². The van der Waals surface area contributed by atoms with Gasteiger partial charge in [0.1, 0.15) is 11.5 Å². The van der Waals surface area contributed by atoms with Gasteiger partial charge in [0.2, 0.25) is 6.36 Å². The fourth-order valence-corrected chi connectivity index (χ4v) is 1.72. The predicted molar refractivity (Wildman–Crippen MR) is 63.0 cm³/mol. The highest BCUT2D eigenvalue weighted by Gasteiger charge is 2.26. The highest BCUT2D eigenvalue weighted by molar-refractivity contribution is 5.49. The minimum Gasteiger partial charge on any atom is -0.460 e. The molecule has 0 fully saturated rings. The first kappa shape index (κ1) is 14.7. The van der Waals surface area contributed by atoms with Crippen LogP contribution in [0.1, 0.15) is 33.3 Å². The van der Waals surface area contributed by atoms with E-state index in [0.717, 1.165) is 0 Å². The summed E-state index contributed by atoms with van der Waals surface area (Å²) in [5.74, 6) is 0.228. The van der Waals surface area contributed by atoms with Crippen molar-refractivity contribution in [1.82, 2.24) is 0 Å². The average molecular weight is 262 g/mol. The molecule has 5 heteroatoms. The van der Waals surface area contributed by atoms with Gasteiger partial charge in [0.15, 0.2) is 0 Å². The number of rotatable bonds is 4. The second-order valence-corrected chi connectivity index (χ2v) is 4.92. The zero-order valence-corrected chi connectivity index (χ0v) is 10.8. The van der Waals surface area contributed by atoms with E-state index in [-0.39, 0.29) is 11.5 Å². The van der Waals surface area contributed by atoms with Crippen LogP contribution in [0.15, 0.2) is 18.2 Å². The van der Waals surface area contributed by atoms with Crippen LogP contribution in [0.25, 0.3) is 0 Å². The molecule has 0 radical (unpaired) electrons. The molecule has 0 N–H and O–H groups in total. The Bertz CT molecular complexity index is 369. The number of benzene rings is 1. The van der Waals surface area contributed by atoms with Crippen molar-refractivity contribution in [3.05, 3.63) is 23.8 Å². The number of halogens is 3. The number of ether oxygens (including phenoxy) is 2. The van der Waals surface area contributed by atoms with Crippen LogP contribution in [-0.2, 0) is 5.41 Å². The maximum atomic E-state index is 12.9. The summed E-state index contributed by atoms with van der Waals surface area (Å²) < 4.78 is 47.1. The van der Waals surface area contributed by atoms with Gasteiger partial charge in [-0.25, -0.2) is 4.39 Å². The first-order chi connectivity index (χ1) is 8.21. The zero-order valence-electron chi connectivity index (χ0n) is 10.8. The van der Waals surface area contributed by atoms with E-state index in [4.69, 9.17) is 4.74 Å². The van der Waals surface area contributed by atoms with Crippen molar-refractivity contribution in [3.63, 3.8) is 0 Å². The van der Waals surface area contributed by atoms with Crippen molar-refractivity contribution < 1.29 is 22.6 Å². The minimum atomic E-state index is -2.93. The van der Waals surface area contributed by atoms with Crippen molar-refractivity contribution in [3.8, 4) is 11.5 Å². The summed E-state index contributed by atoms with van der Waals surface area (Å²) in [7, 11) is 0. The fourth-order valence-electron chi connectivity index (χ4n) is 1.72. The van der Waals surface area contributed by atoms with E-state index >= 15 is 0 Å². The van der Waals surface area contributed by atoms with Crippen LogP contribution in [0.5, 0.6) is 11.5 Å². The highest BCUT2D eigenvalue weighted by Crippen LogP contribution is 2.39. The molecule has 0 spiro atoms. The first-order valence-corrected chi connectivity index (χ1v) is 5.61. The summed E-state index contributed by atoms with van der Waals surface area (Å²) in [6, 6.07) is 4.45. The van der Waals surface area contributed by atoms with E-state index in [0.29, 0.717) is 5.56 Å². The molecule has 18 heavy (non-hydrogen) atoms. The molecule has 0 heterocycles. The van der Waals surface area contributed by atoms with E-state index in [1.54, 1.807) is 0 Å². The maximum Gasteiger partial charge on any atom is 0.387 e. The van der Waals surface area contributed by atoms with Gasteiger partial charge in [-0.1, -0.05) is 26.8 Å². The lowest BCUT2D eigenvalue weighted by Gasteiger charge is -2.25. The smallest absolute Gasteiger partial charge is 0.387 e. The molecule has 1 rings (SSSR count). The highest BCUT2D eigenvalue weighted by atomic mass is 19.3. The molecule has 0 amide bonds. The molecule has 0 saturated carbocycles. The zero-order chi connectivity index (χ0) is 13.9. The molecule has 1 aromatic carbocycles. The third-order valence-corrected chi connectivity index (χ3v) is 2.24. The Labute approximate surface area is 105 Å². The lowest BCUT2D eigenvalue weighted by atomic mass is 9.85. The minimum absolute atomic E-state index is 0.00986. The van der Waals surface area contributed by atoms with Crippen LogP contribution in [0.2, 0.25) is 0 Å². The Balaban J connectivity index is 3.26. The van der Waals surface area contributed by atoms with Gasteiger partial charge in [-0.15, -0.1) is 0 Å². The van der Waals surface area contributed by atoms with Gasteiger partial charge in [0.05, 0.1) is 0 Å². The summed E-state index contributed by atoms with van der Waals surface area (Å²) >= 11 is 0. The third kappa shape index (κ3) is 3.82. The predicted octanol–water partition coefficient (Wildman–Crippen LogP) is 4.28. The van der Waals surface area contributed by atoms with Crippen molar-refractivity contribution >= 4 is 0 Å². The van der Waals surface area contributed by atoms with Gasteiger partial charge in [0.25, 0.3) is 0 Å². The van der Waals surface area contributed by atoms with Gasteiger partial charge in [-0.2, -0.15) is 8.78 Å². The van der Waals surface area contributed by atoms with Gasteiger partial charge >= 0.3 is 6.61 Å². The van der Waals surface area contributed by atoms with E-state index in [9.17, 15) is 13.2 Å². The maximum absolute atomic E-state index is 12.9. The summed E-state index contributed by atoms with van der Waals surface area (Å²) in [4.78, 5) is 0. The molecule has 1 aromatic rings. The van der Waals surface area contributed by atoms with Gasteiger partial charge in [-0.05, 0) is 17.5 Å². The van der Waals surface area contributed by atoms with E-state index in [1.807, 2.05) is 20.8 Å². The molecule has 102 valence electrons. The van der Waals surface area contributed by atoms with Crippen LogP contribution >= 0.6 is 0 Å². The van der Waals surface area contributed by atoms with Crippen LogP contribution in [0.4, 0.5) is 13.2 Å². The molecule has 1 atom stereocenters. The SMILES string of the molecule is CC(F)Oc1cccc(OC(F)F)c1C(C)(C)C. The topological polar surface area (TPSA) is 18.5 Å². The summed E-state index contributed by atoms with van der Waals surface area (Å²) in [5.41, 5.74) is -0.0785. The number of alkyl halides is 3. The Morgan fingerprint density at radius 1 is 1.00 bits per heavy atom. The molecule has 0 saturated heterocycles. The second-order valence-electron chi connectivity index (χ2n) is 4.92. The number of hydrogen-bond acceptors (Lipinski definition) is 2. The molecule has 1 unspecified atom stereocenters. The lowest BCUT2D eigenvalue weighted by molar-refractivity contribution is -0.0511. The Hall–Kier alpha value is -1.39. The average Bonchev–Trinajstić information content (AvgIpc) is 2.13. The molecule has 0 aromatic heterocycles. The molecule has 2 nitrogen and oxygen atoms in total. The fraction of sp³-hybridized carbons (Fsp3) is 0.538. The molecule has 0 bridgehead atoms. The van der Waals surface area contributed by atoms with Crippen LogP contribution in [0.3, 0.4) is 0 Å². The third-order valence-electron chi connectivity index (χ3n) is 2.24. The van der Waals surface area contributed by atoms with Crippen LogP contribution in [-0.4, -0.2) is 13.0 Å². The monoisotopic (exact) mass is 262 g/mol. The van der Waals surface area contributed by atoms with Crippen molar-refractivity contribution in [1.29, 1.82) is 0 Å². The second kappa shape index (κ2) is 5.50. The van der Waals surface area contributed by atoms with Crippen LogP contribution < -0.4 is 9.47 Å². The van der Waals surface area contributed by atoms with Crippen molar-refractivity contribution in [2.75, 3.05) is 0 Å². The molecule has 0 aliphatic heterocycles. The Morgan fingerprint density at radius 2 is 1.50 bits per heavy atom. The molecular formula is C13H17F3O2.